The fourth-order valence-corrected chi connectivity index (χ4v) is 3.85. The number of nitrogens with two attached hydrogens (primary N) is 1. The van der Waals surface area contributed by atoms with Gasteiger partial charge in [0.05, 0.1) is 24.1 Å². The Morgan fingerprint density at radius 3 is 2.81 bits per heavy atom. The number of nitrogens with zero attached hydrogens (tertiary/aromatic N) is 2. The van der Waals surface area contributed by atoms with Gasteiger partial charge < -0.3 is 10.5 Å². The van der Waals surface area contributed by atoms with Crippen LogP contribution in [0, 0.1) is 0 Å². The molecule has 4 rings (SSSR count). The Kier molecular flexibility index (Phi) is 3.91. The minimum Gasteiger partial charge on any atom is -0.496 e. The van der Waals surface area contributed by atoms with Crippen molar-refractivity contribution in [3.63, 3.8) is 0 Å². The van der Waals surface area contributed by atoms with E-state index in [9.17, 15) is 13.6 Å². The summed E-state index contributed by atoms with van der Waals surface area (Å²) in [4.78, 5) is 11.7. The number of methoxy groups -OCH3 is 1. The highest BCUT2D eigenvalue weighted by Crippen LogP contribution is 2.44. The molecule has 3 aromatic rings. The van der Waals surface area contributed by atoms with Gasteiger partial charge in [-0.15, -0.1) is 0 Å². The maximum Gasteiger partial charge on any atom is 0.273 e. The van der Waals surface area contributed by atoms with E-state index in [0.29, 0.717) is 34.2 Å². The fourth-order valence-electron chi connectivity index (χ4n) is 3.85. The first-order valence-electron chi connectivity index (χ1n) is 8.69. The van der Waals surface area contributed by atoms with Crippen LogP contribution in [0.3, 0.4) is 0 Å². The SMILES string of the molecule is COc1ccc(C(N)=O)c2nn([C@H](C)c3cccc4c3CCC4(F)F)cc12. The molecule has 2 aromatic carbocycles. The molecule has 1 aliphatic carbocycles. The average Bonchev–Trinajstić information content (AvgIpc) is 3.21. The molecule has 2 N–H and O–H groups in total. The monoisotopic (exact) mass is 371 g/mol. The van der Waals surface area contributed by atoms with Crippen LogP contribution in [0.2, 0.25) is 0 Å². The number of fused-ring (bicyclic) bond motifs is 2. The highest BCUT2D eigenvalue weighted by molar-refractivity contribution is 6.06. The topological polar surface area (TPSA) is 70.1 Å². The normalized spacial score (nSPS) is 16.3. The maximum atomic E-state index is 14.1. The van der Waals surface area contributed by atoms with Gasteiger partial charge in [0.1, 0.15) is 11.3 Å². The van der Waals surface area contributed by atoms with Gasteiger partial charge in [-0.2, -0.15) is 5.10 Å². The molecule has 0 aliphatic heterocycles. The highest BCUT2D eigenvalue weighted by Gasteiger charge is 2.40. The van der Waals surface area contributed by atoms with Crippen molar-refractivity contribution in [1.82, 2.24) is 9.78 Å². The van der Waals surface area contributed by atoms with Crippen molar-refractivity contribution in [1.29, 1.82) is 0 Å². The van der Waals surface area contributed by atoms with Crippen molar-refractivity contribution in [2.45, 2.75) is 31.7 Å². The molecule has 0 saturated carbocycles. The number of amides is 1. The molecule has 1 amide bonds. The van der Waals surface area contributed by atoms with Crippen molar-refractivity contribution >= 4 is 16.8 Å². The molecule has 0 bridgehead atoms. The molecule has 5 nitrogen and oxygen atoms in total. The Morgan fingerprint density at radius 2 is 2.11 bits per heavy atom. The first kappa shape index (κ1) is 17.5. The molecule has 140 valence electrons. The zero-order valence-electron chi connectivity index (χ0n) is 15.0. The molecular weight excluding hydrogens is 352 g/mol. The summed E-state index contributed by atoms with van der Waals surface area (Å²) in [6.07, 6.45) is 1.92. The van der Waals surface area contributed by atoms with Gasteiger partial charge in [-0.3, -0.25) is 9.48 Å². The van der Waals surface area contributed by atoms with Crippen molar-refractivity contribution in [3.05, 3.63) is 58.8 Å². The lowest BCUT2D eigenvalue weighted by Gasteiger charge is -2.17. The van der Waals surface area contributed by atoms with E-state index in [1.807, 2.05) is 13.0 Å². The summed E-state index contributed by atoms with van der Waals surface area (Å²) >= 11 is 0. The van der Waals surface area contributed by atoms with Crippen LogP contribution in [0.4, 0.5) is 8.78 Å². The molecule has 1 atom stereocenters. The summed E-state index contributed by atoms with van der Waals surface area (Å²) in [5.74, 6) is -2.80. The minimum absolute atomic E-state index is 0.0963. The maximum absolute atomic E-state index is 14.1. The number of ether oxygens (including phenoxy) is 1. The molecule has 0 unspecified atom stereocenters. The Labute approximate surface area is 154 Å². The van der Waals surface area contributed by atoms with E-state index in [0.717, 1.165) is 5.56 Å². The predicted octanol–water partition coefficient (Wildman–Crippen LogP) is 3.79. The van der Waals surface area contributed by atoms with E-state index in [2.05, 4.69) is 5.10 Å². The van der Waals surface area contributed by atoms with E-state index in [1.165, 1.54) is 13.2 Å². The molecule has 0 fully saturated rings. The van der Waals surface area contributed by atoms with Gasteiger partial charge in [-0.25, -0.2) is 8.78 Å². The van der Waals surface area contributed by atoms with Crippen LogP contribution in [0.15, 0.2) is 36.5 Å². The van der Waals surface area contributed by atoms with Crippen LogP contribution in [-0.4, -0.2) is 22.8 Å². The molecule has 1 aromatic heterocycles. The third-order valence-electron chi connectivity index (χ3n) is 5.28. The van der Waals surface area contributed by atoms with Crippen LogP contribution < -0.4 is 10.5 Å². The van der Waals surface area contributed by atoms with Crippen molar-refractivity contribution in [3.8, 4) is 5.75 Å². The van der Waals surface area contributed by atoms with Crippen LogP contribution in [-0.2, 0) is 12.3 Å². The zero-order chi connectivity index (χ0) is 19.3. The summed E-state index contributed by atoms with van der Waals surface area (Å²) in [5.41, 5.74) is 7.77. The third-order valence-corrected chi connectivity index (χ3v) is 5.28. The van der Waals surface area contributed by atoms with Crippen LogP contribution in [0.5, 0.6) is 5.75 Å². The van der Waals surface area contributed by atoms with Crippen LogP contribution in [0.1, 0.15) is 46.4 Å². The van der Waals surface area contributed by atoms with E-state index in [-0.39, 0.29) is 18.0 Å². The second-order valence-electron chi connectivity index (χ2n) is 6.80. The molecule has 0 saturated heterocycles. The van der Waals surface area contributed by atoms with Gasteiger partial charge >= 0.3 is 0 Å². The van der Waals surface area contributed by atoms with Crippen molar-refractivity contribution in [2.24, 2.45) is 5.73 Å². The molecule has 1 aliphatic rings. The second kappa shape index (κ2) is 6.04. The number of alkyl halides is 2. The Balaban J connectivity index is 1.86. The standard InChI is InChI=1S/C20H19F2N3O2/c1-11(12-4-3-5-16-13(12)8-9-20(16,21)22)25-10-15-17(27-2)7-6-14(19(23)26)18(15)24-25/h3-7,10-11H,8-9H2,1-2H3,(H2,23,26)/t11-/m1/s1. The van der Waals surface area contributed by atoms with E-state index < -0.39 is 11.8 Å². The molecular formula is C20H19F2N3O2. The number of rotatable bonds is 4. The molecule has 1 heterocycles. The molecule has 0 radical (unpaired) electrons. The number of aromatic nitrogens is 2. The van der Waals surface area contributed by atoms with E-state index in [4.69, 9.17) is 10.5 Å². The number of halogens is 2. The number of hydrogen-bond acceptors (Lipinski definition) is 3. The second-order valence-corrected chi connectivity index (χ2v) is 6.80. The Bertz CT molecular complexity index is 1060. The van der Waals surface area contributed by atoms with Gasteiger partial charge in [0, 0.05) is 18.2 Å². The Hall–Kier alpha value is -2.96. The van der Waals surface area contributed by atoms with E-state index >= 15 is 0 Å². The number of carbonyl (C=O) groups excluding carboxylic acids is 1. The lowest BCUT2D eigenvalue weighted by Crippen LogP contribution is -2.13. The minimum atomic E-state index is -2.79. The lowest BCUT2D eigenvalue weighted by molar-refractivity contribution is -0.00185. The van der Waals surface area contributed by atoms with E-state index in [1.54, 1.807) is 29.1 Å². The van der Waals surface area contributed by atoms with Gasteiger partial charge in [0.15, 0.2) is 0 Å². The third kappa shape index (κ3) is 2.65. The summed E-state index contributed by atoms with van der Waals surface area (Å²) < 4.78 is 35.2. The number of benzene rings is 2. The van der Waals surface area contributed by atoms with Gasteiger partial charge in [0.25, 0.3) is 11.8 Å². The van der Waals surface area contributed by atoms with Crippen LogP contribution in [0.25, 0.3) is 10.9 Å². The quantitative estimate of drug-likeness (QED) is 0.759. The average molecular weight is 371 g/mol. The fraction of sp³-hybridized carbons (Fsp3) is 0.300. The summed E-state index contributed by atoms with van der Waals surface area (Å²) in [7, 11) is 1.53. The molecule has 7 heteroatoms. The first-order valence-corrected chi connectivity index (χ1v) is 8.69. The lowest BCUT2D eigenvalue weighted by atomic mass is 9.98. The first-order chi connectivity index (χ1) is 12.8. The van der Waals surface area contributed by atoms with Crippen molar-refractivity contribution < 1.29 is 18.3 Å². The van der Waals surface area contributed by atoms with Gasteiger partial charge in [-0.05, 0) is 36.6 Å². The molecule has 0 spiro atoms. The predicted molar refractivity (Wildman–Crippen MR) is 97.3 cm³/mol. The van der Waals surface area contributed by atoms with Gasteiger partial charge in [0.2, 0.25) is 0 Å². The number of primary amides is 1. The summed E-state index contributed by atoms with van der Waals surface area (Å²) in [6.45, 7) is 1.90. The van der Waals surface area contributed by atoms with Gasteiger partial charge in [-0.1, -0.05) is 18.2 Å². The number of carbonyl (C=O) groups is 1. The number of hydrogen-bond donors (Lipinski definition) is 1. The van der Waals surface area contributed by atoms with Crippen LogP contribution >= 0.6 is 0 Å². The molecule has 27 heavy (non-hydrogen) atoms. The smallest absolute Gasteiger partial charge is 0.273 e. The van der Waals surface area contributed by atoms with Crippen molar-refractivity contribution in [2.75, 3.05) is 7.11 Å². The summed E-state index contributed by atoms with van der Waals surface area (Å²) in [6, 6.07) is 7.96. The summed E-state index contributed by atoms with van der Waals surface area (Å²) in [5, 5.41) is 5.18. The largest absolute Gasteiger partial charge is 0.496 e. The zero-order valence-corrected chi connectivity index (χ0v) is 15.0. The Morgan fingerprint density at radius 1 is 1.33 bits per heavy atom. The highest BCUT2D eigenvalue weighted by atomic mass is 19.3.